The highest BCUT2D eigenvalue weighted by Crippen LogP contribution is 2.17. The molecular weight excluding hydrogens is 276 g/mol. The Kier molecular flexibility index (Phi) is 3.78. The molecule has 2 heterocycles. The van der Waals surface area contributed by atoms with Crippen molar-refractivity contribution >= 4 is 11.7 Å². The molecule has 3 rings (SSSR count). The molecule has 0 atom stereocenters. The molecule has 0 saturated heterocycles. The van der Waals surface area contributed by atoms with E-state index in [4.69, 9.17) is 0 Å². The number of hydrogen-bond donors (Lipinski definition) is 2. The standard InChI is InChI=1S/C17H18N4O/c1-12-5-3-6-14(9-12)11-21-16(13(2)10-19-21)20-17(22)15-7-4-8-18-15/h3-10,18H,11H2,1-2H3,(H,20,22). The summed E-state index contributed by atoms with van der Waals surface area (Å²) in [6.07, 6.45) is 3.49. The number of anilines is 1. The van der Waals surface area contributed by atoms with Crippen LogP contribution in [0.1, 0.15) is 27.2 Å². The van der Waals surface area contributed by atoms with Crippen LogP contribution in [0.25, 0.3) is 0 Å². The van der Waals surface area contributed by atoms with Gasteiger partial charge in [0.05, 0.1) is 12.7 Å². The van der Waals surface area contributed by atoms with Crippen molar-refractivity contribution in [1.82, 2.24) is 14.8 Å². The molecule has 0 aliphatic rings. The second kappa shape index (κ2) is 5.89. The van der Waals surface area contributed by atoms with E-state index in [1.54, 1.807) is 24.5 Å². The number of nitrogens with zero attached hydrogens (tertiary/aromatic N) is 2. The van der Waals surface area contributed by atoms with E-state index in [1.807, 2.05) is 17.7 Å². The normalized spacial score (nSPS) is 10.6. The van der Waals surface area contributed by atoms with Crippen molar-refractivity contribution in [2.45, 2.75) is 20.4 Å². The largest absolute Gasteiger partial charge is 0.357 e. The van der Waals surface area contributed by atoms with Gasteiger partial charge < -0.3 is 10.3 Å². The van der Waals surface area contributed by atoms with Crippen molar-refractivity contribution in [1.29, 1.82) is 0 Å². The molecule has 2 N–H and O–H groups in total. The monoisotopic (exact) mass is 294 g/mol. The first kappa shape index (κ1) is 14.1. The smallest absolute Gasteiger partial charge is 0.273 e. The zero-order chi connectivity index (χ0) is 15.5. The van der Waals surface area contributed by atoms with Gasteiger partial charge in [0.1, 0.15) is 11.5 Å². The number of aryl methyl sites for hydroxylation is 2. The number of nitrogens with one attached hydrogen (secondary N) is 2. The van der Waals surface area contributed by atoms with Gasteiger partial charge in [-0.3, -0.25) is 4.79 Å². The van der Waals surface area contributed by atoms with Crippen molar-refractivity contribution in [3.8, 4) is 0 Å². The minimum Gasteiger partial charge on any atom is -0.357 e. The maximum absolute atomic E-state index is 12.2. The molecule has 0 radical (unpaired) electrons. The van der Waals surface area contributed by atoms with Crippen LogP contribution in [-0.2, 0) is 6.54 Å². The molecule has 112 valence electrons. The lowest BCUT2D eigenvalue weighted by Crippen LogP contribution is -2.17. The third kappa shape index (κ3) is 2.93. The van der Waals surface area contributed by atoms with E-state index in [2.05, 4.69) is 40.5 Å². The number of benzene rings is 1. The Morgan fingerprint density at radius 3 is 2.86 bits per heavy atom. The number of rotatable bonds is 4. The van der Waals surface area contributed by atoms with Crippen LogP contribution in [0.4, 0.5) is 5.82 Å². The number of hydrogen-bond acceptors (Lipinski definition) is 2. The molecule has 3 aromatic rings. The van der Waals surface area contributed by atoms with Gasteiger partial charge in [-0.2, -0.15) is 5.10 Å². The van der Waals surface area contributed by atoms with Gasteiger partial charge in [0.2, 0.25) is 0 Å². The fourth-order valence-electron chi connectivity index (χ4n) is 2.39. The average molecular weight is 294 g/mol. The van der Waals surface area contributed by atoms with Gasteiger partial charge in [0, 0.05) is 11.8 Å². The molecule has 0 bridgehead atoms. The summed E-state index contributed by atoms with van der Waals surface area (Å²) >= 11 is 0. The molecule has 0 saturated carbocycles. The van der Waals surface area contributed by atoms with Crippen molar-refractivity contribution < 1.29 is 4.79 Å². The van der Waals surface area contributed by atoms with Gasteiger partial charge in [-0.25, -0.2) is 4.68 Å². The predicted molar refractivity (Wildman–Crippen MR) is 86.0 cm³/mol. The maximum Gasteiger partial charge on any atom is 0.273 e. The molecule has 22 heavy (non-hydrogen) atoms. The van der Waals surface area contributed by atoms with E-state index in [0.29, 0.717) is 12.2 Å². The molecule has 2 aromatic heterocycles. The summed E-state index contributed by atoms with van der Waals surface area (Å²) in [5.74, 6) is 0.556. The number of carbonyl (C=O) groups is 1. The Hall–Kier alpha value is -2.82. The van der Waals surface area contributed by atoms with Crippen molar-refractivity contribution in [2.75, 3.05) is 5.32 Å². The minimum absolute atomic E-state index is 0.168. The van der Waals surface area contributed by atoms with E-state index in [9.17, 15) is 4.79 Å². The molecule has 0 aliphatic heterocycles. The summed E-state index contributed by atoms with van der Waals surface area (Å²) in [7, 11) is 0. The molecule has 0 spiro atoms. The first-order chi connectivity index (χ1) is 10.6. The fourth-order valence-corrected chi connectivity index (χ4v) is 2.39. The Morgan fingerprint density at radius 1 is 1.27 bits per heavy atom. The van der Waals surface area contributed by atoms with Gasteiger partial charge >= 0.3 is 0 Å². The number of carbonyl (C=O) groups excluding carboxylic acids is 1. The van der Waals surface area contributed by atoms with Crippen molar-refractivity contribution in [3.63, 3.8) is 0 Å². The average Bonchev–Trinajstić information content (AvgIpc) is 3.12. The minimum atomic E-state index is -0.168. The van der Waals surface area contributed by atoms with Gasteiger partial charge in [-0.1, -0.05) is 29.8 Å². The van der Waals surface area contributed by atoms with E-state index < -0.39 is 0 Å². The first-order valence-corrected chi connectivity index (χ1v) is 7.16. The topological polar surface area (TPSA) is 62.7 Å². The van der Waals surface area contributed by atoms with E-state index >= 15 is 0 Å². The highest BCUT2D eigenvalue weighted by Gasteiger charge is 2.13. The van der Waals surface area contributed by atoms with Crippen molar-refractivity contribution in [3.05, 3.63) is 71.2 Å². The summed E-state index contributed by atoms with van der Waals surface area (Å²) in [4.78, 5) is 15.1. The van der Waals surface area contributed by atoms with Crippen LogP contribution in [0.3, 0.4) is 0 Å². The van der Waals surface area contributed by atoms with Crippen LogP contribution in [0.2, 0.25) is 0 Å². The summed E-state index contributed by atoms with van der Waals surface area (Å²) in [6.45, 7) is 4.62. The highest BCUT2D eigenvalue weighted by atomic mass is 16.2. The fraction of sp³-hybridized carbons (Fsp3) is 0.176. The number of amides is 1. The Labute approximate surface area is 129 Å². The zero-order valence-electron chi connectivity index (χ0n) is 12.6. The molecule has 0 fully saturated rings. The molecule has 5 heteroatoms. The molecular formula is C17H18N4O. The van der Waals surface area contributed by atoms with Crippen molar-refractivity contribution in [2.24, 2.45) is 0 Å². The predicted octanol–water partition coefficient (Wildman–Crippen LogP) is 3.13. The molecule has 1 aromatic carbocycles. The molecule has 1 amide bonds. The van der Waals surface area contributed by atoms with Gasteiger partial charge in [-0.15, -0.1) is 0 Å². The third-order valence-corrected chi connectivity index (χ3v) is 3.51. The number of aromatic nitrogens is 3. The zero-order valence-corrected chi connectivity index (χ0v) is 12.6. The lowest BCUT2D eigenvalue weighted by atomic mass is 10.1. The molecule has 0 unspecified atom stereocenters. The highest BCUT2D eigenvalue weighted by molar-refractivity contribution is 6.02. The Bertz CT molecular complexity index is 787. The van der Waals surface area contributed by atoms with Gasteiger partial charge in [-0.05, 0) is 31.5 Å². The maximum atomic E-state index is 12.2. The number of aromatic amines is 1. The summed E-state index contributed by atoms with van der Waals surface area (Å²) in [5, 5.41) is 7.29. The van der Waals surface area contributed by atoms with Gasteiger partial charge in [0.25, 0.3) is 5.91 Å². The van der Waals surface area contributed by atoms with E-state index in [1.165, 1.54) is 5.56 Å². The van der Waals surface area contributed by atoms with Crippen LogP contribution in [0.5, 0.6) is 0 Å². The van der Waals surface area contributed by atoms with E-state index in [-0.39, 0.29) is 5.91 Å². The quantitative estimate of drug-likeness (QED) is 0.776. The van der Waals surface area contributed by atoms with Crippen LogP contribution < -0.4 is 5.32 Å². The van der Waals surface area contributed by atoms with Crippen LogP contribution >= 0.6 is 0 Å². The first-order valence-electron chi connectivity index (χ1n) is 7.16. The Balaban J connectivity index is 1.83. The third-order valence-electron chi connectivity index (χ3n) is 3.51. The summed E-state index contributed by atoms with van der Waals surface area (Å²) in [6, 6.07) is 11.8. The van der Waals surface area contributed by atoms with Crippen LogP contribution in [-0.4, -0.2) is 20.7 Å². The molecule has 5 nitrogen and oxygen atoms in total. The summed E-state index contributed by atoms with van der Waals surface area (Å²) < 4.78 is 1.81. The SMILES string of the molecule is Cc1cccc(Cn2ncc(C)c2NC(=O)c2ccc[nH]2)c1. The summed E-state index contributed by atoms with van der Waals surface area (Å²) in [5.41, 5.74) is 3.83. The second-order valence-corrected chi connectivity index (χ2v) is 5.36. The Morgan fingerprint density at radius 2 is 2.14 bits per heavy atom. The van der Waals surface area contributed by atoms with Crippen LogP contribution in [0.15, 0.2) is 48.8 Å². The number of H-pyrrole nitrogens is 1. The lowest BCUT2D eigenvalue weighted by molar-refractivity contribution is 0.102. The molecule has 0 aliphatic carbocycles. The van der Waals surface area contributed by atoms with E-state index in [0.717, 1.165) is 16.9 Å². The lowest BCUT2D eigenvalue weighted by Gasteiger charge is -2.10. The van der Waals surface area contributed by atoms with Gasteiger partial charge in [0.15, 0.2) is 0 Å². The van der Waals surface area contributed by atoms with Crippen LogP contribution in [0, 0.1) is 13.8 Å². The second-order valence-electron chi connectivity index (χ2n) is 5.36.